The summed E-state index contributed by atoms with van der Waals surface area (Å²) in [5.74, 6) is 1.40. The van der Waals surface area contributed by atoms with Crippen molar-refractivity contribution in [3.05, 3.63) is 65.9 Å². The predicted octanol–water partition coefficient (Wildman–Crippen LogP) is 4.82. The van der Waals surface area contributed by atoms with Crippen molar-refractivity contribution in [3.8, 4) is 5.75 Å². The van der Waals surface area contributed by atoms with Crippen LogP contribution in [0.5, 0.6) is 5.75 Å². The van der Waals surface area contributed by atoms with Crippen molar-refractivity contribution in [2.24, 2.45) is 0 Å². The highest BCUT2D eigenvalue weighted by Crippen LogP contribution is 2.29. The van der Waals surface area contributed by atoms with Crippen molar-refractivity contribution in [2.45, 2.75) is 26.3 Å². The molecule has 21 heavy (non-hydrogen) atoms. The Labute approximate surface area is 126 Å². The van der Waals surface area contributed by atoms with Gasteiger partial charge < -0.3 is 9.30 Å². The maximum atomic E-state index is 5.38. The summed E-state index contributed by atoms with van der Waals surface area (Å²) in [5.41, 5.74) is 3.92. The fourth-order valence-corrected chi connectivity index (χ4v) is 2.80. The lowest BCUT2D eigenvalue weighted by Crippen LogP contribution is -2.05. The molecule has 0 N–H and O–H groups in total. The molecule has 0 spiro atoms. The maximum absolute atomic E-state index is 5.38. The van der Waals surface area contributed by atoms with Gasteiger partial charge in [-0.05, 0) is 29.7 Å². The normalized spacial score (nSPS) is 11.2. The monoisotopic (exact) mass is 279 g/mol. The van der Waals surface area contributed by atoms with Crippen LogP contribution >= 0.6 is 0 Å². The van der Waals surface area contributed by atoms with Gasteiger partial charge in [-0.25, -0.2) is 0 Å². The van der Waals surface area contributed by atoms with Crippen molar-refractivity contribution in [2.75, 3.05) is 7.11 Å². The molecular formula is C19H21NO. The summed E-state index contributed by atoms with van der Waals surface area (Å²) < 4.78 is 7.78. The van der Waals surface area contributed by atoms with E-state index in [0.717, 1.165) is 12.3 Å². The number of rotatable bonds is 4. The average Bonchev–Trinajstić information content (AvgIpc) is 2.86. The minimum absolute atomic E-state index is 0.493. The molecule has 0 atom stereocenters. The lowest BCUT2D eigenvalue weighted by molar-refractivity contribution is 0.415. The fourth-order valence-electron chi connectivity index (χ4n) is 2.80. The summed E-state index contributed by atoms with van der Waals surface area (Å²) in [4.78, 5) is 0. The van der Waals surface area contributed by atoms with Crippen LogP contribution in [0.15, 0.2) is 54.6 Å². The number of benzene rings is 2. The quantitative estimate of drug-likeness (QED) is 0.667. The first-order chi connectivity index (χ1) is 10.2. The zero-order valence-corrected chi connectivity index (χ0v) is 12.8. The lowest BCUT2D eigenvalue weighted by Gasteiger charge is -2.14. The van der Waals surface area contributed by atoms with E-state index in [1.807, 2.05) is 6.07 Å². The molecule has 0 unspecified atom stereocenters. The van der Waals surface area contributed by atoms with E-state index in [1.54, 1.807) is 7.11 Å². The summed E-state index contributed by atoms with van der Waals surface area (Å²) in [5, 5.41) is 1.27. The second-order valence-electron chi connectivity index (χ2n) is 5.72. The van der Waals surface area contributed by atoms with Gasteiger partial charge in [0.25, 0.3) is 0 Å². The summed E-state index contributed by atoms with van der Waals surface area (Å²) in [7, 11) is 1.72. The first-order valence-corrected chi connectivity index (χ1v) is 7.40. The first-order valence-electron chi connectivity index (χ1n) is 7.40. The van der Waals surface area contributed by atoms with E-state index < -0.39 is 0 Å². The Kier molecular flexibility index (Phi) is 3.70. The van der Waals surface area contributed by atoms with Crippen LogP contribution in [-0.2, 0) is 6.54 Å². The SMILES string of the molecule is COc1ccc2cc(C(C)C)n(Cc3ccccc3)c2c1. The van der Waals surface area contributed by atoms with Crippen molar-refractivity contribution in [3.63, 3.8) is 0 Å². The van der Waals surface area contributed by atoms with Crippen molar-refractivity contribution < 1.29 is 4.74 Å². The van der Waals surface area contributed by atoms with Crippen molar-refractivity contribution >= 4 is 10.9 Å². The number of aromatic nitrogens is 1. The lowest BCUT2D eigenvalue weighted by atomic mass is 10.1. The molecule has 0 bridgehead atoms. The molecular weight excluding hydrogens is 258 g/mol. The molecule has 2 aromatic carbocycles. The number of methoxy groups -OCH3 is 1. The van der Waals surface area contributed by atoms with Gasteiger partial charge in [0.2, 0.25) is 0 Å². The molecule has 0 aliphatic heterocycles. The van der Waals surface area contributed by atoms with Crippen LogP contribution in [-0.4, -0.2) is 11.7 Å². The number of ether oxygens (including phenoxy) is 1. The predicted molar refractivity (Wildman–Crippen MR) is 88.1 cm³/mol. The Hall–Kier alpha value is -2.22. The van der Waals surface area contributed by atoms with E-state index in [1.165, 1.54) is 22.2 Å². The molecule has 1 aromatic heterocycles. The fraction of sp³-hybridized carbons (Fsp3) is 0.263. The molecule has 0 fully saturated rings. The molecule has 3 rings (SSSR count). The minimum atomic E-state index is 0.493. The van der Waals surface area contributed by atoms with Gasteiger partial charge in [0.15, 0.2) is 0 Å². The van der Waals surface area contributed by atoms with Crippen LogP contribution in [0.3, 0.4) is 0 Å². The van der Waals surface area contributed by atoms with E-state index in [0.29, 0.717) is 5.92 Å². The summed E-state index contributed by atoms with van der Waals surface area (Å²) in [6.45, 7) is 5.38. The van der Waals surface area contributed by atoms with Gasteiger partial charge in [0, 0.05) is 23.7 Å². The molecule has 0 radical (unpaired) electrons. The van der Waals surface area contributed by atoms with Gasteiger partial charge in [-0.2, -0.15) is 0 Å². The van der Waals surface area contributed by atoms with Gasteiger partial charge in [-0.1, -0.05) is 44.2 Å². The molecule has 2 nitrogen and oxygen atoms in total. The van der Waals surface area contributed by atoms with Crippen LogP contribution < -0.4 is 4.74 Å². The molecule has 0 aliphatic rings. The molecule has 108 valence electrons. The topological polar surface area (TPSA) is 14.2 Å². The molecule has 0 amide bonds. The van der Waals surface area contributed by atoms with E-state index in [9.17, 15) is 0 Å². The molecule has 0 saturated heterocycles. The third-order valence-electron chi connectivity index (χ3n) is 3.92. The second kappa shape index (κ2) is 5.65. The van der Waals surface area contributed by atoms with Crippen LogP contribution in [0.2, 0.25) is 0 Å². The molecule has 1 heterocycles. The van der Waals surface area contributed by atoms with Crippen LogP contribution in [0.1, 0.15) is 31.0 Å². The third kappa shape index (κ3) is 2.66. The highest BCUT2D eigenvalue weighted by molar-refractivity contribution is 5.83. The zero-order valence-electron chi connectivity index (χ0n) is 12.8. The molecule has 2 heteroatoms. The van der Waals surface area contributed by atoms with Gasteiger partial charge in [0.1, 0.15) is 5.75 Å². The third-order valence-corrected chi connectivity index (χ3v) is 3.92. The highest BCUT2D eigenvalue weighted by atomic mass is 16.5. The number of hydrogen-bond acceptors (Lipinski definition) is 1. The number of nitrogens with zero attached hydrogens (tertiary/aromatic N) is 1. The summed E-state index contributed by atoms with van der Waals surface area (Å²) >= 11 is 0. The van der Waals surface area contributed by atoms with Crippen molar-refractivity contribution in [1.29, 1.82) is 0 Å². The van der Waals surface area contributed by atoms with E-state index >= 15 is 0 Å². The Morgan fingerprint density at radius 2 is 1.76 bits per heavy atom. The zero-order chi connectivity index (χ0) is 14.8. The van der Waals surface area contributed by atoms with Gasteiger partial charge in [-0.15, -0.1) is 0 Å². The highest BCUT2D eigenvalue weighted by Gasteiger charge is 2.12. The minimum Gasteiger partial charge on any atom is -0.497 e. The van der Waals surface area contributed by atoms with Crippen LogP contribution in [0.4, 0.5) is 0 Å². The van der Waals surface area contributed by atoms with Crippen LogP contribution in [0, 0.1) is 0 Å². The van der Waals surface area contributed by atoms with E-state index in [-0.39, 0.29) is 0 Å². The van der Waals surface area contributed by atoms with E-state index in [2.05, 4.69) is 66.9 Å². The largest absolute Gasteiger partial charge is 0.497 e. The number of fused-ring (bicyclic) bond motifs is 1. The Bertz CT molecular complexity index is 741. The standard InChI is InChI=1S/C19H21NO/c1-14(2)18-11-16-9-10-17(21-3)12-19(16)20(18)13-15-7-5-4-6-8-15/h4-12,14H,13H2,1-3H3. The smallest absolute Gasteiger partial charge is 0.120 e. The second-order valence-corrected chi connectivity index (χ2v) is 5.72. The molecule has 3 aromatic rings. The van der Waals surface area contributed by atoms with Gasteiger partial charge >= 0.3 is 0 Å². The maximum Gasteiger partial charge on any atom is 0.120 e. The Morgan fingerprint density at radius 3 is 2.43 bits per heavy atom. The first kappa shape index (κ1) is 13.7. The van der Waals surface area contributed by atoms with E-state index in [4.69, 9.17) is 4.74 Å². The van der Waals surface area contributed by atoms with Gasteiger partial charge in [-0.3, -0.25) is 0 Å². The Balaban J connectivity index is 2.14. The Morgan fingerprint density at radius 1 is 1.00 bits per heavy atom. The number of hydrogen-bond donors (Lipinski definition) is 0. The van der Waals surface area contributed by atoms with Gasteiger partial charge in [0.05, 0.1) is 12.6 Å². The summed E-state index contributed by atoms with van der Waals surface area (Å²) in [6.07, 6.45) is 0. The van der Waals surface area contributed by atoms with Crippen molar-refractivity contribution in [1.82, 2.24) is 4.57 Å². The summed E-state index contributed by atoms with van der Waals surface area (Å²) in [6, 6.07) is 19.2. The molecule has 0 aliphatic carbocycles. The van der Waals surface area contributed by atoms with Crippen LogP contribution in [0.25, 0.3) is 10.9 Å². The average molecular weight is 279 g/mol. The molecule has 0 saturated carbocycles.